The minimum atomic E-state index is -0.670. The van der Waals surface area contributed by atoms with Gasteiger partial charge in [-0.15, -0.1) is 0 Å². The number of ketones is 1. The minimum absolute atomic E-state index is 0.0398. The second kappa shape index (κ2) is 5.11. The molecule has 1 aromatic rings. The molecule has 5 heteroatoms. The minimum Gasteiger partial charge on any atom is -0.508 e. The van der Waals surface area contributed by atoms with Crippen molar-refractivity contribution in [1.29, 1.82) is 0 Å². The Labute approximate surface area is 85.9 Å². The number of phenols is 1. The molecular formula is C10H10O5. The van der Waals surface area contributed by atoms with E-state index in [4.69, 9.17) is 10.2 Å². The van der Waals surface area contributed by atoms with Gasteiger partial charge in [0.2, 0.25) is 0 Å². The molecule has 0 aliphatic carbocycles. The number of rotatable bonds is 4. The first-order valence-corrected chi connectivity index (χ1v) is 4.22. The fourth-order valence-corrected chi connectivity index (χ4v) is 0.873. The molecule has 5 nitrogen and oxygen atoms in total. The van der Waals surface area contributed by atoms with E-state index in [1.807, 2.05) is 0 Å². The summed E-state index contributed by atoms with van der Waals surface area (Å²) in [6.07, 6.45) is 0. The van der Waals surface area contributed by atoms with Gasteiger partial charge in [-0.05, 0) is 24.3 Å². The summed E-state index contributed by atoms with van der Waals surface area (Å²) < 4.78 is 4.59. The van der Waals surface area contributed by atoms with Gasteiger partial charge in [0, 0.05) is 0 Å². The lowest BCUT2D eigenvalue weighted by Gasteiger charge is -2.02. The molecule has 0 heterocycles. The lowest BCUT2D eigenvalue weighted by atomic mass is 10.2. The first kappa shape index (κ1) is 11.2. The third-order valence-electron chi connectivity index (χ3n) is 1.64. The molecule has 15 heavy (non-hydrogen) atoms. The Kier molecular flexibility index (Phi) is 3.82. The summed E-state index contributed by atoms with van der Waals surface area (Å²) in [6, 6.07) is 5.43. The van der Waals surface area contributed by atoms with E-state index in [2.05, 4.69) is 4.74 Å². The largest absolute Gasteiger partial charge is 0.508 e. The van der Waals surface area contributed by atoms with Gasteiger partial charge in [0.25, 0.3) is 0 Å². The predicted octanol–water partition coefficient (Wildman–Crippen LogP) is 0.110. The Morgan fingerprint density at radius 3 is 2.33 bits per heavy atom. The highest BCUT2D eigenvalue weighted by Gasteiger charge is 2.09. The normalized spacial score (nSPS) is 9.67. The van der Waals surface area contributed by atoms with Crippen molar-refractivity contribution in [2.45, 2.75) is 0 Å². The molecule has 0 aliphatic heterocycles. The number of carbonyl (C=O) groups excluding carboxylic acids is 2. The van der Waals surface area contributed by atoms with Crippen molar-refractivity contribution in [2.75, 3.05) is 13.2 Å². The standard InChI is InChI=1S/C10H10O5/c11-5-9(13)6-15-10(14)7-1-3-8(12)4-2-7/h1-4,11-12H,5-6H2. The van der Waals surface area contributed by atoms with Crippen molar-refractivity contribution < 1.29 is 24.5 Å². The smallest absolute Gasteiger partial charge is 0.338 e. The van der Waals surface area contributed by atoms with E-state index in [1.165, 1.54) is 24.3 Å². The second-order valence-corrected chi connectivity index (χ2v) is 2.82. The Bertz CT molecular complexity index is 355. The van der Waals surface area contributed by atoms with E-state index in [0.717, 1.165) is 0 Å². The molecule has 0 unspecified atom stereocenters. The molecule has 0 spiro atoms. The zero-order chi connectivity index (χ0) is 11.3. The lowest BCUT2D eigenvalue weighted by Crippen LogP contribution is -2.16. The number of hydrogen-bond donors (Lipinski definition) is 2. The molecular weight excluding hydrogens is 200 g/mol. The van der Waals surface area contributed by atoms with E-state index in [9.17, 15) is 9.59 Å². The molecule has 0 radical (unpaired) electrons. The molecule has 2 N–H and O–H groups in total. The molecule has 0 saturated heterocycles. The van der Waals surface area contributed by atoms with Crippen LogP contribution in [-0.2, 0) is 9.53 Å². The summed E-state index contributed by atoms with van der Waals surface area (Å²) in [5.41, 5.74) is 0.235. The van der Waals surface area contributed by atoms with Crippen molar-refractivity contribution in [2.24, 2.45) is 0 Å². The average Bonchev–Trinajstić information content (AvgIpc) is 2.26. The van der Waals surface area contributed by atoms with Gasteiger partial charge in [-0.2, -0.15) is 0 Å². The molecule has 0 aromatic heterocycles. The van der Waals surface area contributed by atoms with E-state index in [-0.39, 0.29) is 11.3 Å². The Balaban J connectivity index is 2.54. The maximum Gasteiger partial charge on any atom is 0.338 e. The zero-order valence-electron chi connectivity index (χ0n) is 7.84. The van der Waals surface area contributed by atoms with Gasteiger partial charge in [0.15, 0.2) is 12.4 Å². The Morgan fingerprint density at radius 1 is 1.20 bits per heavy atom. The van der Waals surface area contributed by atoms with E-state index in [0.29, 0.717) is 0 Å². The summed E-state index contributed by atoms with van der Waals surface area (Å²) in [4.78, 5) is 21.9. The average molecular weight is 210 g/mol. The maximum absolute atomic E-state index is 11.2. The van der Waals surface area contributed by atoms with E-state index >= 15 is 0 Å². The molecule has 1 aromatic carbocycles. The van der Waals surface area contributed by atoms with Crippen LogP contribution in [0.5, 0.6) is 5.75 Å². The highest BCUT2D eigenvalue weighted by Crippen LogP contribution is 2.10. The third kappa shape index (κ3) is 3.40. The van der Waals surface area contributed by atoms with Crippen LogP contribution in [0.3, 0.4) is 0 Å². The van der Waals surface area contributed by atoms with Crippen molar-refractivity contribution in [3.05, 3.63) is 29.8 Å². The van der Waals surface area contributed by atoms with Crippen LogP contribution in [0.15, 0.2) is 24.3 Å². The van der Waals surface area contributed by atoms with Crippen molar-refractivity contribution in [1.82, 2.24) is 0 Å². The van der Waals surface area contributed by atoms with Crippen molar-refractivity contribution >= 4 is 11.8 Å². The van der Waals surface area contributed by atoms with Gasteiger partial charge >= 0.3 is 5.97 Å². The number of benzene rings is 1. The molecule has 1 rings (SSSR count). The first-order chi connectivity index (χ1) is 7.13. The highest BCUT2D eigenvalue weighted by molar-refractivity contribution is 5.91. The topological polar surface area (TPSA) is 83.8 Å². The van der Waals surface area contributed by atoms with Crippen molar-refractivity contribution in [3.63, 3.8) is 0 Å². The van der Waals surface area contributed by atoms with E-state index in [1.54, 1.807) is 0 Å². The van der Waals surface area contributed by atoms with Crippen LogP contribution < -0.4 is 0 Å². The van der Waals surface area contributed by atoms with Crippen LogP contribution in [0.25, 0.3) is 0 Å². The van der Waals surface area contributed by atoms with Crippen LogP contribution in [0.2, 0.25) is 0 Å². The number of phenolic OH excluding ortho intramolecular Hbond substituents is 1. The SMILES string of the molecule is O=C(CO)COC(=O)c1ccc(O)cc1. The van der Waals surface area contributed by atoms with Crippen LogP contribution in [-0.4, -0.2) is 35.2 Å². The highest BCUT2D eigenvalue weighted by atomic mass is 16.5. The number of Topliss-reactive ketones (excluding diaryl/α,β-unsaturated/α-hetero) is 1. The van der Waals surface area contributed by atoms with Gasteiger partial charge in [0.1, 0.15) is 12.4 Å². The van der Waals surface area contributed by atoms with Crippen LogP contribution in [0.1, 0.15) is 10.4 Å². The van der Waals surface area contributed by atoms with Crippen LogP contribution in [0.4, 0.5) is 0 Å². The fraction of sp³-hybridized carbons (Fsp3) is 0.200. The molecule has 0 bridgehead atoms. The molecule has 0 aliphatic rings. The van der Waals surface area contributed by atoms with Gasteiger partial charge in [0.05, 0.1) is 5.56 Å². The number of esters is 1. The summed E-state index contributed by atoms with van der Waals surface area (Å²) in [5.74, 6) is -1.20. The number of aliphatic hydroxyl groups is 1. The van der Waals surface area contributed by atoms with Gasteiger partial charge in [-0.3, -0.25) is 4.79 Å². The maximum atomic E-state index is 11.2. The number of hydrogen-bond acceptors (Lipinski definition) is 5. The monoisotopic (exact) mass is 210 g/mol. The number of aromatic hydroxyl groups is 1. The first-order valence-electron chi connectivity index (χ1n) is 4.22. The Morgan fingerprint density at radius 2 is 1.80 bits per heavy atom. The quantitative estimate of drug-likeness (QED) is 0.689. The van der Waals surface area contributed by atoms with Gasteiger partial charge in [-0.1, -0.05) is 0 Å². The van der Waals surface area contributed by atoms with E-state index < -0.39 is 25.0 Å². The molecule has 0 saturated carbocycles. The Hall–Kier alpha value is -1.88. The predicted molar refractivity (Wildman–Crippen MR) is 50.5 cm³/mol. The second-order valence-electron chi connectivity index (χ2n) is 2.82. The fourth-order valence-electron chi connectivity index (χ4n) is 0.873. The number of carbonyl (C=O) groups is 2. The van der Waals surface area contributed by atoms with Gasteiger partial charge < -0.3 is 14.9 Å². The van der Waals surface area contributed by atoms with Crippen LogP contribution in [0, 0.1) is 0 Å². The molecule has 0 amide bonds. The summed E-state index contributed by atoms with van der Waals surface area (Å²) in [7, 11) is 0. The summed E-state index contributed by atoms with van der Waals surface area (Å²) in [6.45, 7) is -1.10. The summed E-state index contributed by atoms with van der Waals surface area (Å²) >= 11 is 0. The van der Waals surface area contributed by atoms with Crippen molar-refractivity contribution in [3.8, 4) is 5.75 Å². The van der Waals surface area contributed by atoms with Crippen LogP contribution >= 0.6 is 0 Å². The third-order valence-corrected chi connectivity index (χ3v) is 1.64. The number of ether oxygens (including phenoxy) is 1. The number of aliphatic hydroxyl groups excluding tert-OH is 1. The molecule has 0 fully saturated rings. The van der Waals surface area contributed by atoms with Gasteiger partial charge in [-0.25, -0.2) is 4.79 Å². The molecule has 80 valence electrons. The molecule has 0 atom stereocenters. The summed E-state index contributed by atoms with van der Waals surface area (Å²) in [5, 5.41) is 17.3. The lowest BCUT2D eigenvalue weighted by molar-refractivity contribution is -0.124. The zero-order valence-corrected chi connectivity index (χ0v) is 7.84.